The highest BCUT2D eigenvalue weighted by Crippen LogP contribution is 2.14. The number of nitrogens with zero attached hydrogens (tertiary/aromatic N) is 1. The summed E-state index contributed by atoms with van der Waals surface area (Å²) in [5.74, 6) is -0.898. The summed E-state index contributed by atoms with van der Waals surface area (Å²) in [6.07, 6.45) is 0.984. The molecule has 0 saturated carbocycles. The van der Waals surface area contributed by atoms with Gasteiger partial charge >= 0.3 is 11.7 Å². The van der Waals surface area contributed by atoms with Gasteiger partial charge in [0.15, 0.2) is 0 Å². The molecule has 0 spiro atoms. The third-order valence-corrected chi connectivity index (χ3v) is 2.50. The molecule has 0 aliphatic rings. The number of hydrogen-bond acceptors (Lipinski definition) is 4. The Morgan fingerprint density at radius 3 is 2.74 bits per heavy atom. The maximum atomic E-state index is 11.7. The molecule has 2 aromatic rings. The van der Waals surface area contributed by atoms with Gasteiger partial charge < -0.3 is 9.84 Å². The molecule has 2 rings (SSSR count). The Kier molecular flexibility index (Phi) is 3.19. The van der Waals surface area contributed by atoms with Gasteiger partial charge in [-0.1, -0.05) is 6.07 Å². The normalized spacial score (nSPS) is 10.2. The SMILES string of the molecule is COc1cccc(-n2cc(C(=O)O)c(=O)[nH]c2=O)c1. The molecule has 0 fully saturated rings. The smallest absolute Gasteiger partial charge is 0.342 e. The standard InChI is InChI=1S/C12H10N2O5/c1-19-8-4-2-3-7(5-8)14-6-9(11(16)17)10(15)13-12(14)18/h2-6H,1H3,(H,16,17)(H,13,15,18). The van der Waals surface area contributed by atoms with Crippen LogP contribution in [0.5, 0.6) is 5.75 Å². The molecule has 2 N–H and O–H groups in total. The number of aromatic nitrogens is 2. The Labute approximate surface area is 106 Å². The molecule has 0 unspecified atom stereocenters. The van der Waals surface area contributed by atoms with E-state index in [2.05, 4.69) is 0 Å². The van der Waals surface area contributed by atoms with Crippen molar-refractivity contribution < 1.29 is 14.6 Å². The van der Waals surface area contributed by atoms with Crippen molar-refractivity contribution in [2.45, 2.75) is 0 Å². The fourth-order valence-electron chi connectivity index (χ4n) is 1.58. The molecule has 0 radical (unpaired) electrons. The number of nitrogens with one attached hydrogen (secondary N) is 1. The Morgan fingerprint density at radius 1 is 1.37 bits per heavy atom. The van der Waals surface area contributed by atoms with Crippen LogP contribution >= 0.6 is 0 Å². The predicted octanol–water partition coefficient (Wildman–Crippen LogP) is 0.233. The van der Waals surface area contributed by atoms with E-state index < -0.39 is 22.8 Å². The van der Waals surface area contributed by atoms with Crippen molar-refractivity contribution in [2.75, 3.05) is 7.11 Å². The zero-order chi connectivity index (χ0) is 14.0. The number of carbonyl (C=O) groups is 1. The van der Waals surface area contributed by atoms with Crippen molar-refractivity contribution in [2.24, 2.45) is 0 Å². The number of carboxylic acid groups (broad SMARTS) is 1. The lowest BCUT2D eigenvalue weighted by atomic mass is 10.3. The van der Waals surface area contributed by atoms with Crippen molar-refractivity contribution in [3.63, 3.8) is 0 Å². The third kappa shape index (κ3) is 2.39. The molecule has 0 amide bonds. The quantitative estimate of drug-likeness (QED) is 0.824. The zero-order valence-electron chi connectivity index (χ0n) is 9.91. The average molecular weight is 262 g/mol. The molecule has 7 heteroatoms. The van der Waals surface area contributed by atoms with Crippen molar-refractivity contribution in [1.29, 1.82) is 0 Å². The minimum absolute atomic E-state index is 0.392. The molecule has 1 aromatic heterocycles. The molecule has 0 bridgehead atoms. The highest BCUT2D eigenvalue weighted by atomic mass is 16.5. The Morgan fingerprint density at radius 2 is 2.11 bits per heavy atom. The average Bonchev–Trinajstić information content (AvgIpc) is 2.38. The molecule has 98 valence electrons. The first-order valence-corrected chi connectivity index (χ1v) is 5.26. The summed E-state index contributed by atoms with van der Waals surface area (Å²) in [5.41, 5.74) is -1.77. The number of hydrogen-bond donors (Lipinski definition) is 2. The molecule has 0 saturated heterocycles. The van der Waals surface area contributed by atoms with E-state index in [0.717, 1.165) is 10.8 Å². The number of methoxy groups -OCH3 is 1. The number of H-pyrrole nitrogens is 1. The van der Waals surface area contributed by atoms with E-state index in [0.29, 0.717) is 11.4 Å². The molecule has 0 aliphatic heterocycles. The minimum atomic E-state index is -1.40. The second kappa shape index (κ2) is 4.81. The van der Waals surface area contributed by atoms with Gasteiger partial charge in [-0.25, -0.2) is 9.59 Å². The van der Waals surface area contributed by atoms with Gasteiger partial charge in [0.2, 0.25) is 0 Å². The number of ether oxygens (including phenoxy) is 1. The first kappa shape index (κ1) is 12.6. The maximum absolute atomic E-state index is 11.7. The van der Waals surface area contributed by atoms with Crippen molar-refractivity contribution in [1.82, 2.24) is 9.55 Å². The summed E-state index contributed by atoms with van der Waals surface area (Å²) in [5, 5.41) is 8.87. The molecule has 0 atom stereocenters. The molecular weight excluding hydrogens is 252 g/mol. The monoisotopic (exact) mass is 262 g/mol. The lowest BCUT2D eigenvalue weighted by molar-refractivity contribution is 0.0694. The minimum Gasteiger partial charge on any atom is -0.497 e. The number of aromatic amines is 1. The van der Waals surface area contributed by atoms with E-state index in [1.165, 1.54) is 7.11 Å². The second-order valence-corrected chi connectivity index (χ2v) is 3.68. The van der Waals surface area contributed by atoms with Crippen LogP contribution in [-0.2, 0) is 0 Å². The predicted molar refractivity (Wildman–Crippen MR) is 66.2 cm³/mol. The molecular formula is C12H10N2O5. The Bertz CT molecular complexity index is 744. The lowest BCUT2D eigenvalue weighted by Gasteiger charge is -2.07. The van der Waals surface area contributed by atoms with Gasteiger partial charge in [0.1, 0.15) is 11.3 Å². The summed E-state index contributed by atoms with van der Waals surface area (Å²) in [7, 11) is 1.47. The molecule has 1 aromatic carbocycles. The zero-order valence-corrected chi connectivity index (χ0v) is 9.91. The third-order valence-electron chi connectivity index (χ3n) is 2.50. The largest absolute Gasteiger partial charge is 0.497 e. The summed E-state index contributed by atoms with van der Waals surface area (Å²) < 4.78 is 6.05. The van der Waals surface area contributed by atoms with Crippen LogP contribution in [0, 0.1) is 0 Å². The highest BCUT2D eigenvalue weighted by Gasteiger charge is 2.12. The van der Waals surface area contributed by atoms with Crippen LogP contribution in [0.2, 0.25) is 0 Å². The van der Waals surface area contributed by atoms with Crippen molar-refractivity contribution in [3.05, 3.63) is 56.9 Å². The molecule has 1 heterocycles. The van der Waals surface area contributed by atoms with E-state index in [9.17, 15) is 14.4 Å². The van der Waals surface area contributed by atoms with Crippen molar-refractivity contribution >= 4 is 5.97 Å². The van der Waals surface area contributed by atoms with Gasteiger partial charge in [-0.3, -0.25) is 14.3 Å². The highest BCUT2D eigenvalue weighted by molar-refractivity contribution is 5.86. The lowest BCUT2D eigenvalue weighted by Crippen LogP contribution is -2.32. The summed E-state index contributed by atoms with van der Waals surface area (Å²) >= 11 is 0. The van der Waals surface area contributed by atoms with Gasteiger partial charge in [0, 0.05) is 12.3 Å². The van der Waals surface area contributed by atoms with Gasteiger partial charge in [-0.15, -0.1) is 0 Å². The first-order valence-electron chi connectivity index (χ1n) is 5.26. The van der Waals surface area contributed by atoms with Crippen LogP contribution in [0.4, 0.5) is 0 Å². The van der Waals surface area contributed by atoms with Gasteiger partial charge in [0.05, 0.1) is 12.8 Å². The van der Waals surface area contributed by atoms with Crippen LogP contribution in [0.15, 0.2) is 40.1 Å². The van der Waals surface area contributed by atoms with Gasteiger partial charge in [-0.2, -0.15) is 0 Å². The van der Waals surface area contributed by atoms with Crippen molar-refractivity contribution in [3.8, 4) is 11.4 Å². The van der Waals surface area contributed by atoms with Gasteiger partial charge in [-0.05, 0) is 12.1 Å². The summed E-state index contributed by atoms with van der Waals surface area (Å²) in [6, 6.07) is 6.46. The summed E-state index contributed by atoms with van der Waals surface area (Å²) in [6.45, 7) is 0. The van der Waals surface area contributed by atoms with Crippen LogP contribution in [-0.4, -0.2) is 27.7 Å². The molecule has 7 nitrogen and oxygen atoms in total. The van der Waals surface area contributed by atoms with Crippen LogP contribution in [0.3, 0.4) is 0 Å². The number of carboxylic acids is 1. The van der Waals surface area contributed by atoms with E-state index in [-0.39, 0.29) is 0 Å². The maximum Gasteiger partial charge on any atom is 0.342 e. The van der Waals surface area contributed by atoms with Gasteiger partial charge in [0.25, 0.3) is 5.56 Å². The van der Waals surface area contributed by atoms with E-state index in [4.69, 9.17) is 9.84 Å². The fraction of sp³-hybridized carbons (Fsp3) is 0.0833. The summed E-state index contributed by atoms with van der Waals surface area (Å²) in [4.78, 5) is 35.8. The van der Waals surface area contributed by atoms with Crippen LogP contribution < -0.4 is 16.0 Å². The fourth-order valence-corrected chi connectivity index (χ4v) is 1.58. The molecule has 19 heavy (non-hydrogen) atoms. The van der Waals surface area contributed by atoms with E-state index in [1.54, 1.807) is 24.3 Å². The molecule has 0 aliphatic carbocycles. The Hall–Kier alpha value is -2.83. The Balaban J connectivity index is 2.68. The number of rotatable bonds is 3. The second-order valence-electron chi connectivity index (χ2n) is 3.68. The first-order chi connectivity index (χ1) is 9.02. The van der Waals surface area contributed by atoms with E-state index in [1.807, 2.05) is 4.98 Å². The van der Waals surface area contributed by atoms with Crippen LogP contribution in [0.25, 0.3) is 5.69 Å². The van der Waals surface area contributed by atoms with Crippen LogP contribution in [0.1, 0.15) is 10.4 Å². The number of aromatic carboxylic acids is 1. The topological polar surface area (TPSA) is 101 Å². The number of benzene rings is 1. The van der Waals surface area contributed by atoms with E-state index >= 15 is 0 Å².